The Morgan fingerprint density at radius 1 is 1.27 bits per heavy atom. The van der Waals surface area contributed by atoms with Crippen LogP contribution in [0.2, 0.25) is 0 Å². The van der Waals surface area contributed by atoms with Crippen molar-refractivity contribution in [2.75, 3.05) is 17.7 Å². The zero-order chi connectivity index (χ0) is 18.4. The summed E-state index contributed by atoms with van der Waals surface area (Å²) in [6.45, 7) is 4.88. The first-order valence-corrected chi connectivity index (χ1v) is 9.09. The van der Waals surface area contributed by atoms with Gasteiger partial charge in [0.25, 0.3) is 5.22 Å². The summed E-state index contributed by atoms with van der Waals surface area (Å²) in [6.07, 6.45) is 1.71. The number of amides is 1. The van der Waals surface area contributed by atoms with Gasteiger partial charge < -0.3 is 14.5 Å². The summed E-state index contributed by atoms with van der Waals surface area (Å²) in [5.74, 6) is 1.24. The first-order chi connectivity index (χ1) is 12.6. The smallest absolute Gasteiger partial charge is 0.277 e. The lowest BCUT2D eigenvalue weighted by Gasteiger charge is -2.06. The van der Waals surface area contributed by atoms with Crippen LogP contribution in [0, 0.1) is 6.92 Å². The van der Waals surface area contributed by atoms with E-state index in [1.807, 2.05) is 32.0 Å². The van der Waals surface area contributed by atoms with E-state index in [2.05, 4.69) is 20.6 Å². The molecule has 0 aliphatic carbocycles. The highest BCUT2D eigenvalue weighted by atomic mass is 32.2. The van der Waals surface area contributed by atoms with E-state index in [1.165, 1.54) is 11.8 Å². The van der Waals surface area contributed by atoms with Crippen LogP contribution >= 0.6 is 11.8 Å². The molecule has 0 aliphatic rings. The summed E-state index contributed by atoms with van der Waals surface area (Å²) in [7, 11) is 0. The van der Waals surface area contributed by atoms with E-state index in [-0.39, 0.29) is 11.7 Å². The average molecular weight is 373 g/mol. The molecule has 0 bridgehead atoms. The maximum absolute atomic E-state index is 12.0. The third-order valence-electron chi connectivity index (χ3n) is 3.44. The number of rotatable bonds is 8. The first-order valence-electron chi connectivity index (χ1n) is 8.10. The van der Waals surface area contributed by atoms with Gasteiger partial charge in [0.2, 0.25) is 11.8 Å². The minimum atomic E-state index is -0.151. The molecule has 0 aliphatic heterocycles. The number of ether oxygens (including phenoxy) is 1. The van der Waals surface area contributed by atoms with Crippen LogP contribution < -0.4 is 10.1 Å². The monoisotopic (exact) mass is 373 g/mol. The van der Waals surface area contributed by atoms with Gasteiger partial charge in [0, 0.05) is 17.6 Å². The van der Waals surface area contributed by atoms with E-state index in [4.69, 9.17) is 9.15 Å². The second kappa shape index (κ2) is 8.52. The Morgan fingerprint density at radius 2 is 2.08 bits per heavy atom. The van der Waals surface area contributed by atoms with Gasteiger partial charge in [-0.15, -0.1) is 10.2 Å². The molecule has 2 aromatic heterocycles. The number of nitrogens with zero attached hydrogens (tertiary/aromatic N) is 4. The van der Waals surface area contributed by atoms with Crippen LogP contribution in [0.5, 0.6) is 5.75 Å². The van der Waals surface area contributed by atoms with Crippen molar-refractivity contribution in [3.8, 4) is 5.75 Å². The molecule has 1 amide bonds. The van der Waals surface area contributed by atoms with Gasteiger partial charge in [0.1, 0.15) is 12.3 Å². The minimum absolute atomic E-state index is 0.151. The lowest BCUT2D eigenvalue weighted by atomic mass is 10.3. The fourth-order valence-corrected chi connectivity index (χ4v) is 2.76. The quantitative estimate of drug-likeness (QED) is 0.607. The standard InChI is InChI=1S/C17H19N5O3S/c1-3-24-14-6-4-13(5-7-14)19-15(23)11-26-17-21-20-16(25-17)10-22-12(2)8-9-18-22/h4-9H,3,10-11H2,1-2H3,(H,19,23). The van der Waals surface area contributed by atoms with Crippen LogP contribution in [0.4, 0.5) is 5.69 Å². The van der Waals surface area contributed by atoms with E-state index in [9.17, 15) is 4.79 Å². The summed E-state index contributed by atoms with van der Waals surface area (Å²) in [5.41, 5.74) is 1.71. The summed E-state index contributed by atoms with van der Waals surface area (Å²) in [5, 5.41) is 15.3. The number of carbonyl (C=O) groups excluding carboxylic acids is 1. The number of hydrogen-bond donors (Lipinski definition) is 1. The van der Waals surface area contributed by atoms with Crippen LogP contribution in [-0.4, -0.2) is 38.2 Å². The number of nitrogens with one attached hydrogen (secondary N) is 1. The number of hydrogen-bond acceptors (Lipinski definition) is 7. The Bertz CT molecular complexity index is 859. The van der Waals surface area contributed by atoms with Crippen LogP contribution in [-0.2, 0) is 11.3 Å². The normalized spacial score (nSPS) is 10.7. The van der Waals surface area contributed by atoms with Crippen molar-refractivity contribution in [3.05, 3.63) is 48.1 Å². The highest BCUT2D eigenvalue weighted by Crippen LogP contribution is 2.19. The van der Waals surface area contributed by atoms with Gasteiger partial charge in [0.05, 0.1) is 12.4 Å². The Morgan fingerprint density at radius 3 is 2.77 bits per heavy atom. The predicted molar refractivity (Wildman–Crippen MR) is 97.3 cm³/mol. The van der Waals surface area contributed by atoms with Crippen molar-refractivity contribution in [2.24, 2.45) is 0 Å². The number of aryl methyl sites for hydroxylation is 1. The van der Waals surface area contributed by atoms with Gasteiger partial charge in [-0.2, -0.15) is 5.10 Å². The van der Waals surface area contributed by atoms with E-state index < -0.39 is 0 Å². The lowest BCUT2D eigenvalue weighted by Crippen LogP contribution is -2.13. The maximum atomic E-state index is 12.0. The summed E-state index contributed by atoms with van der Waals surface area (Å²) in [4.78, 5) is 12.0. The third kappa shape index (κ3) is 4.85. The number of thioether (sulfide) groups is 1. The van der Waals surface area contributed by atoms with E-state index in [0.717, 1.165) is 11.4 Å². The lowest BCUT2D eigenvalue weighted by molar-refractivity contribution is -0.113. The molecule has 0 unspecified atom stereocenters. The molecule has 0 saturated heterocycles. The Hall–Kier alpha value is -2.81. The molecule has 8 nitrogen and oxygen atoms in total. The highest BCUT2D eigenvalue weighted by molar-refractivity contribution is 7.99. The Kier molecular flexibility index (Phi) is 5.90. The summed E-state index contributed by atoms with van der Waals surface area (Å²) in [6, 6.07) is 9.12. The molecule has 0 spiro atoms. The van der Waals surface area contributed by atoms with E-state index >= 15 is 0 Å². The molecule has 0 fully saturated rings. The van der Waals surface area contributed by atoms with Crippen molar-refractivity contribution >= 4 is 23.4 Å². The van der Waals surface area contributed by atoms with E-state index in [0.29, 0.717) is 30.0 Å². The second-order valence-corrected chi connectivity index (χ2v) is 6.31. The number of benzene rings is 1. The predicted octanol–water partition coefficient (Wildman–Crippen LogP) is 2.75. The van der Waals surface area contributed by atoms with Crippen molar-refractivity contribution in [1.82, 2.24) is 20.0 Å². The minimum Gasteiger partial charge on any atom is -0.494 e. The zero-order valence-corrected chi connectivity index (χ0v) is 15.3. The van der Waals surface area contributed by atoms with E-state index in [1.54, 1.807) is 23.0 Å². The fraction of sp³-hybridized carbons (Fsp3) is 0.294. The second-order valence-electron chi connectivity index (χ2n) is 5.39. The number of aromatic nitrogens is 4. The summed E-state index contributed by atoms with van der Waals surface area (Å²) < 4.78 is 12.7. The molecular formula is C17H19N5O3S. The Labute approximate surface area is 154 Å². The molecule has 3 aromatic rings. The molecular weight excluding hydrogens is 354 g/mol. The largest absolute Gasteiger partial charge is 0.494 e. The fourth-order valence-electron chi connectivity index (χ4n) is 2.18. The average Bonchev–Trinajstić information content (AvgIpc) is 3.25. The molecule has 1 aromatic carbocycles. The van der Waals surface area contributed by atoms with Crippen molar-refractivity contribution in [3.63, 3.8) is 0 Å². The van der Waals surface area contributed by atoms with Crippen LogP contribution in [0.3, 0.4) is 0 Å². The van der Waals surface area contributed by atoms with Gasteiger partial charge in [0.15, 0.2) is 0 Å². The molecule has 0 atom stereocenters. The molecule has 3 rings (SSSR count). The number of carbonyl (C=O) groups is 1. The van der Waals surface area contributed by atoms with Crippen LogP contribution in [0.1, 0.15) is 18.5 Å². The van der Waals surface area contributed by atoms with Gasteiger partial charge in [-0.3, -0.25) is 9.48 Å². The molecule has 2 heterocycles. The molecule has 9 heteroatoms. The van der Waals surface area contributed by atoms with Gasteiger partial charge in [-0.25, -0.2) is 0 Å². The molecule has 1 N–H and O–H groups in total. The Balaban J connectivity index is 1.48. The molecule has 26 heavy (non-hydrogen) atoms. The number of anilines is 1. The van der Waals surface area contributed by atoms with Crippen molar-refractivity contribution in [1.29, 1.82) is 0 Å². The van der Waals surface area contributed by atoms with Crippen molar-refractivity contribution in [2.45, 2.75) is 25.6 Å². The highest BCUT2D eigenvalue weighted by Gasteiger charge is 2.11. The van der Waals surface area contributed by atoms with Gasteiger partial charge >= 0.3 is 0 Å². The van der Waals surface area contributed by atoms with Gasteiger partial charge in [-0.1, -0.05) is 11.8 Å². The van der Waals surface area contributed by atoms with Crippen LogP contribution in [0.15, 0.2) is 46.2 Å². The summed E-state index contributed by atoms with van der Waals surface area (Å²) >= 11 is 1.19. The third-order valence-corrected chi connectivity index (χ3v) is 4.26. The topological polar surface area (TPSA) is 95.1 Å². The zero-order valence-electron chi connectivity index (χ0n) is 14.5. The molecule has 0 saturated carbocycles. The SMILES string of the molecule is CCOc1ccc(NC(=O)CSc2nnc(Cn3nccc3C)o2)cc1. The maximum Gasteiger partial charge on any atom is 0.277 e. The first kappa shape index (κ1) is 18.0. The van der Waals surface area contributed by atoms with Crippen molar-refractivity contribution < 1.29 is 13.9 Å². The molecule has 0 radical (unpaired) electrons. The van der Waals surface area contributed by atoms with Crippen LogP contribution in [0.25, 0.3) is 0 Å². The van der Waals surface area contributed by atoms with Gasteiger partial charge in [-0.05, 0) is 44.2 Å². The molecule has 136 valence electrons.